The Kier molecular flexibility index (Phi) is 477. The molecule has 0 aliphatic heterocycles. The van der Waals surface area contributed by atoms with E-state index in [0.29, 0.717) is 0 Å². The van der Waals surface area contributed by atoms with Gasteiger partial charge in [-0.1, -0.05) is 0 Å². The van der Waals surface area contributed by atoms with Crippen molar-refractivity contribution in [2.24, 2.45) is 0 Å². The van der Waals surface area contributed by atoms with Crippen molar-refractivity contribution in [3.05, 3.63) is 0 Å². The van der Waals surface area contributed by atoms with E-state index in [1.54, 1.807) is 0 Å². The summed E-state index contributed by atoms with van der Waals surface area (Å²) in [5.41, 5.74) is 0. The van der Waals surface area contributed by atoms with Gasteiger partial charge >= 0.3 is 103 Å². The predicted octanol–water partition coefficient (Wildman–Crippen LogP) is -0.478. The van der Waals surface area contributed by atoms with Crippen LogP contribution in [0.15, 0.2) is 0 Å². The van der Waals surface area contributed by atoms with Gasteiger partial charge in [-0.15, -0.1) is 0 Å². The van der Waals surface area contributed by atoms with Crippen molar-refractivity contribution in [2.45, 2.75) is 0 Å². The molecule has 0 aliphatic rings. The average Bonchev–Trinajstić information content (AvgIpc) is 1.00. The van der Waals surface area contributed by atoms with Crippen LogP contribution in [0, 0.1) is 83.5 Å². The van der Waals surface area contributed by atoms with E-state index in [9.17, 15) is 0 Å². The van der Waals surface area contributed by atoms with Crippen LogP contribution in [0.5, 0.6) is 0 Å². The summed E-state index contributed by atoms with van der Waals surface area (Å²) in [6.07, 6.45) is 0. The summed E-state index contributed by atoms with van der Waals surface area (Å²) in [5, 5.41) is 0. The van der Waals surface area contributed by atoms with E-state index in [1.165, 1.54) is 0 Å². The molecular weight excluding hydrogens is 403 g/mol. The summed E-state index contributed by atoms with van der Waals surface area (Å²) in [6, 6.07) is 0. The monoisotopic (exact) mass is 403 g/mol. The van der Waals surface area contributed by atoms with Crippen LogP contribution in [0.2, 0.25) is 0 Å². The van der Waals surface area contributed by atoms with E-state index in [2.05, 4.69) is 15.7 Å². The van der Waals surface area contributed by atoms with Crippen molar-refractivity contribution in [3.63, 3.8) is 0 Å². The van der Waals surface area contributed by atoms with Crippen molar-refractivity contribution in [3.8, 4) is 0 Å². The van der Waals surface area contributed by atoms with E-state index >= 15 is 0 Å². The first-order chi connectivity index (χ1) is 1.00. The Labute approximate surface area is 117 Å². The van der Waals surface area contributed by atoms with Crippen molar-refractivity contribution in [1.29, 1.82) is 0 Å². The Morgan fingerprint density at radius 1 is 0.714 bits per heavy atom. The molecule has 0 spiro atoms. The molecule has 0 fully saturated rings. The van der Waals surface area contributed by atoms with Gasteiger partial charge in [-0.3, -0.25) is 0 Å². The van der Waals surface area contributed by atoms with Crippen LogP contribution in [0.4, 0.5) is 0 Å². The summed E-state index contributed by atoms with van der Waals surface area (Å²) in [5.74, 6) is 0. The third-order valence-corrected chi connectivity index (χ3v) is 0. The van der Waals surface area contributed by atoms with Crippen LogP contribution in [0.1, 0.15) is 0 Å². The molecule has 0 heterocycles. The van der Waals surface area contributed by atoms with Crippen LogP contribution in [-0.4, -0.2) is 0 Å². The molecule has 2 radical (unpaired) electrons. The molecule has 0 aliphatic carbocycles. The minimum atomic E-state index is 0. The molecule has 0 atom stereocenters. The first kappa shape index (κ1) is 51.2. The first-order valence-corrected chi connectivity index (χ1v) is 0.561. The van der Waals surface area contributed by atoms with Gasteiger partial charge in [-0.25, -0.2) is 0 Å². The summed E-state index contributed by atoms with van der Waals surface area (Å²) < 4.78 is 7.94. The third kappa shape index (κ3) is 49.8. The Morgan fingerprint density at radius 2 is 0.714 bits per heavy atom. The fraction of sp³-hybridized carbons (Fsp3) is 0. The van der Waals surface area contributed by atoms with E-state index in [4.69, 9.17) is 3.87 Å². The molecule has 0 saturated heterocycles. The van der Waals surface area contributed by atoms with E-state index in [-0.39, 0.29) is 99.9 Å². The molecule has 0 aromatic rings. The van der Waals surface area contributed by atoms with Gasteiger partial charge in [-0.2, -0.15) is 0 Å². The van der Waals surface area contributed by atoms with Crippen LogP contribution >= 0.6 is 0 Å². The zero-order valence-electron chi connectivity index (χ0n) is 2.97. The maximum absolute atomic E-state index is 7.94. The zero-order chi connectivity index (χ0) is 2.00. The molecule has 7 heteroatoms. The SMILES string of the molecule is [Ce+3].[Ce+3].[O-2].[O-2].[O-2].[O]=[Co]. The van der Waals surface area contributed by atoms with Crippen molar-refractivity contribution < 1.29 is 119 Å². The quantitative estimate of drug-likeness (QED) is 0.536. The normalized spacial score (nSPS) is 0.714. The summed E-state index contributed by atoms with van der Waals surface area (Å²) in [6.45, 7) is 0. The molecule has 0 unspecified atom stereocenters. The van der Waals surface area contributed by atoms with Gasteiger partial charge in [-0.05, 0) is 0 Å². The van der Waals surface area contributed by atoms with Crippen molar-refractivity contribution >= 4 is 0 Å². The fourth-order valence-corrected chi connectivity index (χ4v) is 0. The second-order valence-corrected chi connectivity index (χ2v) is 0. The first-order valence-electron chi connectivity index (χ1n) is 0.136. The van der Waals surface area contributed by atoms with Crippen LogP contribution in [0.25, 0.3) is 0 Å². The molecule has 7 heavy (non-hydrogen) atoms. The molecule has 0 aromatic heterocycles. The summed E-state index contributed by atoms with van der Waals surface area (Å²) in [7, 11) is 0. The van der Waals surface area contributed by atoms with E-state index in [1.807, 2.05) is 0 Å². The predicted molar refractivity (Wildman–Crippen MR) is 2.75 cm³/mol. The molecule has 4 nitrogen and oxygen atoms in total. The molecule has 0 aromatic carbocycles. The van der Waals surface area contributed by atoms with Crippen LogP contribution < -0.4 is 0 Å². The number of hydrogen-bond acceptors (Lipinski definition) is 1. The summed E-state index contributed by atoms with van der Waals surface area (Å²) in [4.78, 5) is 0. The van der Waals surface area contributed by atoms with Gasteiger partial charge in [0.25, 0.3) is 0 Å². The molecule has 0 rings (SSSR count). The second kappa shape index (κ2) is 65.2. The van der Waals surface area contributed by atoms with Gasteiger partial charge in [0.2, 0.25) is 0 Å². The maximum atomic E-state index is 7.94. The van der Waals surface area contributed by atoms with Gasteiger partial charge in [0.05, 0.1) is 0 Å². The molecular formula is Ce2CoO4. The zero-order valence-corrected chi connectivity index (χ0v) is 10.3. The molecule has 0 amide bonds. The topological polar surface area (TPSA) is 103 Å². The van der Waals surface area contributed by atoms with E-state index < -0.39 is 0 Å². The average molecular weight is 403 g/mol. The fourth-order valence-electron chi connectivity index (χ4n) is 0. The minimum absolute atomic E-state index is 0. The Bertz CT molecular complexity index is 9.65. The standard InChI is InChI=1S/2Ce.Co.4O/q2*+3;;;3*-2. The van der Waals surface area contributed by atoms with Gasteiger partial charge < -0.3 is 16.4 Å². The Balaban J connectivity index is -0.000000000500. The van der Waals surface area contributed by atoms with Crippen molar-refractivity contribution in [2.75, 3.05) is 0 Å². The van der Waals surface area contributed by atoms with Crippen LogP contribution in [0.3, 0.4) is 0 Å². The summed E-state index contributed by atoms with van der Waals surface area (Å²) >= 11 is 2.31. The van der Waals surface area contributed by atoms with Crippen molar-refractivity contribution in [1.82, 2.24) is 0 Å². The molecule has 0 saturated carbocycles. The molecule has 41 valence electrons. The Morgan fingerprint density at radius 3 is 0.714 bits per heavy atom. The van der Waals surface area contributed by atoms with Gasteiger partial charge in [0.15, 0.2) is 0 Å². The van der Waals surface area contributed by atoms with Gasteiger partial charge in [0, 0.05) is 0 Å². The Hall–Kier alpha value is 2.94. The van der Waals surface area contributed by atoms with Crippen LogP contribution in [-0.2, 0) is 36.0 Å². The molecule has 0 bridgehead atoms. The third-order valence-electron chi connectivity index (χ3n) is 0. The molecule has 0 N–H and O–H groups in total. The number of hydrogen-bond donors (Lipinski definition) is 0. The number of rotatable bonds is 0. The van der Waals surface area contributed by atoms with Gasteiger partial charge in [0.1, 0.15) is 0 Å². The second-order valence-electron chi connectivity index (χ2n) is 0. The van der Waals surface area contributed by atoms with E-state index in [0.717, 1.165) is 0 Å².